The number of nitrogens with zero attached hydrogens (tertiary/aromatic N) is 1. The molecule has 1 heterocycles. The summed E-state index contributed by atoms with van der Waals surface area (Å²) in [6, 6.07) is 13.7. The first-order valence-corrected chi connectivity index (χ1v) is 8.48. The van der Waals surface area contributed by atoms with E-state index in [2.05, 4.69) is 11.4 Å². The maximum Gasteiger partial charge on any atom is 0.322 e. The molecule has 0 saturated heterocycles. The molecule has 5 nitrogen and oxygen atoms in total. The number of amides is 2. The van der Waals surface area contributed by atoms with E-state index in [0.29, 0.717) is 19.7 Å². The molecular weight excluding hydrogens is 316 g/mol. The SMILES string of the molecule is CO[C@@H](C)c1cccc(NC(=O)N2CCOc3ccc(C)cc3C2)c1. The number of anilines is 1. The van der Waals surface area contributed by atoms with Crippen LogP contribution in [0.15, 0.2) is 42.5 Å². The number of urea groups is 1. The smallest absolute Gasteiger partial charge is 0.322 e. The van der Waals surface area contributed by atoms with Gasteiger partial charge in [-0.15, -0.1) is 0 Å². The highest BCUT2D eigenvalue weighted by molar-refractivity contribution is 5.89. The summed E-state index contributed by atoms with van der Waals surface area (Å²) in [5.74, 6) is 0.858. The third kappa shape index (κ3) is 4.12. The topological polar surface area (TPSA) is 50.8 Å². The summed E-state index contributed by atoms with van der Waals surface area (Å²) in [5, 5.41) is 2.98. The summed E-state index contributed by atoms with van der Waals surface area (Å²) in [4.78, 5) is 14.5. The standard InChI is InChI=1S/C20H24N2O3/c1-14-7-8-19-17(11-14)13-22(9-10-25-19)20(23)21-18-6-4-5-16(12-18)15(2)24-3/h4-8,11-12,15H,9-10,13H2,1-3H3,(H,21,23)/t15-/m0/s1. The van der Waals surface area contributed by atoms with Gasteiger partial charge in [0.15, 0.2) is 0 Å². The van der Waals surface area contributed by atoms with Crippen molar-refractivity contribution in [1.82, 2.24) is 4.90 Å². The third-order valence-electron chi connectivity index (χ3n) is 4.44. The van der Waals surface area contributed by atoms with Gasteiger partial charge in [-0.05, 0) is 37.6 Å². The van der Waals surface area contributed by atoms with E-state index in [1.54, 1.807) is 12.0 Å². The molecule has 2 amide bonds. The predicted molar refractivity (Wildman–Crippen MR) is 98.0 cm³/mol. The van der Waals surface area contributed by atoms with E-state index in [1.165, 1.54) is 0 Å². The molecule has 5 heteroatoms. The average Bonchev–Trinajstić information content (AvgIpc) is 2.83. The number of carbonyl (C=O) groups excluding carboxylic acids is 1. The number of benzene rings is 2. The van der Waals surface area contributed by atoms with Crippen molar-refractivity contribution >= 4 is 11.7 Å². The van der Waals surface area contributed by atoms with Gasteiger partial charge in [-0.25, -0.2) is 4.79 Å². The molecule has 0 bridgehead atoms. The molecule has 0 saturated carbocycles. The van der Waals surface area contributed by atoms with Crippen molar-refractivity contribution < 1.29 is 14.3 Å². The molecule has 0 aliphatic carbocycles. The number of methoxy groups -OCH3 is 1. The fourth-order valence-electron chi connectivity index (χ4n) is 2.90. The highest BCUT2D eigenvalue weighted by atomic mass is 16.5. The molecule has 0 unspecified atom stereocenters. The Morgan fingerprint density at radius 2 is 2.12 bits per heavy atom. The Morgan fingerprint density at radius 3 is 2.92 bits per heavy atom. The van der Waals surface area contributed by atoms with E-state index in [-0.39, 0.29) is 12.1 Å². The van der Waals surface area contributed by atoms with Crippen LogP contribution in [0.2, 0.25) is 0 Å². The lowest BCUT2D eigenvalue weighted by atomic mass is 10.1. The Bertz CT molecular complexity index is 760. The summed E-state index contributed by atoms with van der Waals surface area (Å²) in [7, 11) is 1.67. The maximum absolute atomic E-state index is 12.7. The minimum absolute atomic E-state index is 0.0155. The fraction of sp³-hybridized carbons (Fsp3) is 0.350. The summed E-state index contributed by atoms with van der Waals surface area (Å²) in [6.07, 6.45) is -0.0155. The monoisotopic (exact) mass is 340 g/mol. The van der Waals surface area contributed by atoms with E-state index in [1.807, 2.05) is 50.2 Å². The van der Waals surface area contributed by atoms with E-state index < -0.39 is 0 Å². The minimum atomic E-state index is -0.125. The van der Waals surface area contributed by atoms with Gasteiger partial charge in [0, 0.05) is 18.4 Å². The van der Waals surface area contributed by atoms with Gasteiger partial charge in [0.25, 0.3) is 0 Å². The third-order valence-corrected chi connectivity index (χ3v) is 4.44. The predicted octanol–water partition coefficient (Wildman–Crippen LogP) is 4.13. The van der Waals surface area contributed by atoms with Gasteiger partial charge >= 0.3 is 6.03 Å². The number of ether oxygens (including phenoxy) is 2. The largest absolute Gasteiger partial charge is 0.491 e. The van der Waals surface area contributed by atoms with Crippen LogP contribution in [0.5, 0.6) is 5.75 Å². The van der Waals surface area contributed by atoms with Gasteiger partial charge in [0.05, 0.1) is 19.2 Å². The number of fused-ring (bicyclic) bond motifs is 1. The lowest BCUT2D eigenvalue weighted by Crippen LogP contribution is -2.36. The molecule has 0 aromatic heterocycles. The molecule has 0 radical (unpaired) electrons. The zero-order valence-electron chi connectivity index (χ0n) is 14.9. The molecule has 1 N–H and O–H groups in total. The normalized spacial score (nSPS) is 14.9. The number of nitrogens with one attached hydrogen (secondary N) is 1. The zero-order valence-corrected chi connectivity index (χ0v) is 14.9. The lowest BCUT2D eigenvalue weighted by Gasteiger charge is -2.21. The van der Waals surface area contributed by atoms with Crippen LogP contribution in [-0.4, -0.2) is 31.2 Å². The number of carbonyl (C=O) groups is 1. The van der Waals surface area contributed by atoms with Crippen molar-refractivity contribution in [3.8, 4) is 5.75 Å². The van der Waals surface area contributed by atoms with Crippen molar-refractivity contribution in [2.24, 2.45) is 0 Å². The van der Waals surface area contributed by atoms with Gasteiger partial charge in [0.1, 0.15) is 12.4 Å². The second kappa shape index (κ2) is 7.57. The molecule has 2 aromatic carbocycles. The Balaban J connectivity index is 1.73. The van der Waals surface area contributed by atoms with Gasteiger partial charge in [-0.3, -0.25) is 0 Å². The van der Waals surface area contributed by atoms with Crippen LogP contribution in [0.1, 0.15) is 29.7 Å². The summed E-state index contributed by atoms with van der Waals surface area (Å²) in [6.45, 7) is 5.60. The van der Waals surface area contributed by atoms with Crippen LogP contribution in [0.4, 0.5) is 10.5 Å². The summed E-state index contributed by atoms with van der Waals surface area (Å²) in [5.41, 5.74) is 3.99. The van der Waals surface area contributed by atoms with E-state index in [4.69, 9.17) is 9.47 Å². The van der Waals surface area contributed by atoms with Crippen molar-refractivity contribution in [2.45, 2.75) is 26.5 Å². The molecule has 132 valence electrons. The summed E-state index contributed by atoms with van der Waals surface area (Å²) < 4.78 is 11.1. The molecule has 1 aliphatic heterocycles. The fourth-order valence-corrected chi connectivity index (χ4v) is 2.90. The van der Waals surface area contributed by atoms with Crippen molar-refractivity contribution in [2.75, 3.05) is 25.6 Å². The average molecular weight is 340 g/mol. The molecular formula is C20H24N2O3. The number of hydrogen-bond acceptors (Lipinski definition) is 3. The van der Waals surface area contributed by atoms with Crippen LogP contribution in [0, 0.1) is 6.92 Å². The molecule has 0 fully saturated rings. The Labute approximate surface area is 148 Å². The molecule has 0 spiro atoms. The number of rotatable bonds is 3. The first kappa shape index (κ1) is 17.3. The van der Waals surface area contributed by atoms with Gasteiger partial charge in [-0.2, -0.15) is 0 Å². The van der Waals surface area contributed by atoms with Crippen molar-refractivity contribution in [3.63, 3.8) is 0 Å². The van der Waals surface area contributed by atoms with Crippen molar-refractivity contribution in [3.05, 3.63) is 59.2 Å². The second-order valence-corrected chi connectivity index (χ2v) is 6.31. The van der Waals surface area contributed by atoms with Crippen LogP contribution in [-0.2, 0) is 11.3 Å². The maximum atomic E-state index is 12.7. The van der Waals surface area contributed by atoms with E-state index in [0.717, 1.165) is 28.1 Å². The Hall–Kier alpha value is -2.53. The first-order valence-electron chi connectivity index (χ1n) is 8.48. The number of aryl methyl sites for hydroxylation is 1. The van der Waals surface area contributed by atoms with Crippen LogP contribution in [0.25, 0.3) is 0 Å². The quantitative estimate of drug-likeness (QED) is 0.914. The Morgan fingerprint density at radius 1 is 1.28 bits per heavy atom. The van der Waals surface area contributed by atoms with E-state index >= 15 is 0 Å². The molecule has 3 rings (SSSR count). The van der Waals surface area contributed by atoms with Crippen LogP contribution < -0.4 is 10.1 Å². The number of hydrogen-bond donors (Lipinski definition) is 1. The van der Waals surface area contributed by atoms with Crippen LogP contribution in [0.3, 0.4) is 0 Å². The van der Waals surface area contributed by atoms with Gasteiger partial charge in [-0.1, -0.05) is 29.8 Å². The lowest BCUT2D eigenvalue weighted by molar-refractivity contribution is 0.119. The zero-order chi connectivity index (χ0) is 17.8. The van der Waals surface area contributed by atoms with E-state index in [9.17, 15) is 4.79 Å². The van der Waals surface area contributed by atoms with Crippen LogP contribution >= 0.6 is 0 Å². The second-order valence-electron chi connectivity index (χ2n) is 6.31. The molecule has 1 aliphatic rings. The highest BCUT2D eigenvalue weighted by Gasteiger charge is 2.20. The molecule has 1 atom stereocenters. The minimum Gasteiger partial charge on any atom is -0.491 e. The highest BCUT2D eigenvalue weighted by Crippen LogP contribution is 2.25. The Kier molecular flexibility index (Phi) is 5.24. The molecule has 25 heavy (non-hydrogen) atoms. The van der Waals surface area contributed by atoms with Crippen molar-refractivity contribution in [1.29, 1.82) is 0 Å². The first-order chi connectivity index (χ1) is 12.1. The van der Waals surface area contributed by atoms with Gasteiger partial charge in [0.2, 0.25) is 0 Å². The van der Waals surface area contributed by atoms with Gasteiger partial charge < -0.3 is 19.7 Å². The summed E-state index contributed by atoms with van der Waals surface area (Å²) >= 11 is 0. The molecule has 2 aromatic rings.